The van der Waals surface area contributed by atoms with Gasteiger partial charge < -0.3 is 15.1 Å². The van der Waals surface area contributed by atoms with E-state index in [1.54, 1.807) is 12.1 Å². The lowest BCUT2D eigenvalue weighted by Gasteiger charge is -2.28. The van der Waals surface area contributed by atoms with Gasteiger partial charge in [0.1, 0.15) is 5.38 Å². The van der Waals surface area contributed by atoms with E-state index in [-0.39, 0.29) is 11.8 Å². The number of carbonyl (C=O) groups excluding carboxylic acids is 2. The summed E-state index contributed by atoms with van der Waals surface area (Å²) in [4.78, 5) is 29.5. The van der Waals surface area contributed by atoms with E-state index in [0.717, 1.165) is 43.6 Å². The van der Waals surface area contributed by atoms with Crippen molar-refractivity contribution in [1.29, 1.82) is 0 Å². The molecule has 6 heteroatoms. The molecule has 5 nitrogen and oxygen atoms in total. The highest BCUT2D eigenvalue weighted by molar-refractivity contribution is 6.32. The number of carbonyl (C=O) groups is 2. The van der Waals surface area contributed by atoms with Gasteiger partial charge in [0.25, 0.3) is 5.91 Å². The number of hydrogen-bond acceptors (Lipinski definition) is 3. The first-order chi connectivity index (χ1) is 13.5. The Bertz CT molecular complexity index is 833. The molecule has 2 aromatic carbocycles. The molecule has 2 amide bonds. The normalized spacial score (nSPS) is 15.0. The molecule has 2 aromatic rings. The number of likely N-dealkylation sites (tertiary alicyclic amines) is 1. The van der Waals surface area contributed by atoms with Crippen LogP contribution >= 0.6 is 11.6 Å². The molecule has 1 aliphatic rings. The maximum absolute atomic E-state index is 13.1. The number of rotatable bonds is 5. The van der Waals surface area contributed by atoms with Gasteiger partial charge >= 0.3 is 0 Å². The molecular formula is C22H26ClN3O2. The number of benzene rings is 2. The molecule has 1 N–H and O–H groups in total. The topological polar surface area (TPSA) is 52.7 Å². The Hall–Kier alpha value is -2.53. The van der Waals surface area contributed by atoms with Crippen molar-refractivity contribution in [3.8, 4) is 0 Å². The SMILES string of the molecule is CN(C)c1ccc(NC(=O)C(Cl)c2ccccc2)cc1C(=O)N1CCCCC1. The zero-order valence-electron chi connectivity index (χ0n) is 16.3. The van der Waals surface area contributed by atoms with E-state index in [1.165, 1.54) is 0 Å². The van der Waals surface area contributed by atoms with E-state index in [1.807, 2.05) is 60.3 Å². The van der Waals surface area contributed by atoms with Crippen LogP contribution in [-0.2, 0) is 4.79 Å². The standard InChI is InChI=1S/C22H26ClN3O2/c1-25(2)19-12-11-17(15-18(19)22(28)26-13-7-4-8-14-26)24-21(27)20(23)16-9-5-3-6-10-16/h3,5-6,9-12,15,20H,4,7-8,13-14H2,1-2H3,(H,24,27). The first-order valence-corrected chi connectivity index (χ1v) is 10.0. The number of hydrogen-bond donors (Lipinski definition) is 1. The van der Waals surface area contributed by atoms with Gasteiger partial charge in [-0.05, 0) is 43.0 Å². The number of halogens is 1. The van der Waals surface area contributed by atoms with Crippen LogP contribution in [0.1, 0.15) is 40.6 Å². The molecule has 28 heavy (non-hydrogen) atoms. The van der Waals surface area contributed by atoms with Crippen LogP contribution in [0.15, 0.2) is 48.5 Å². The lowest BCUT2D eigenvalue weighted by molar-refractivity contribution is -0.116. The van der Waals surface area contributed by atoms with Crippen molar-refractivity contribution in [3.63, 3.8) is 0 Å². The van der Waals surface area contributed by atoms with Crippen molar-refractivity contribution in [1.82, 2.24) is 4.90 Å². The van der Waals surface area contributed by atoms with Crippen LogP contribution in [0.4, 0.5) is 11.4 Å². The second-order valence-electron chi connectivity index (χ2n) is 7.24. The zero-order valence-corrected chi connectivity index (χ0v) is 17.1. The number of nitrogens with zero attached hydrogens (tertiary/aromatic N) is 2. The predicted octanol–water partition coefficient (Wildman–Crippen LogP) is 4.30. The van der Waals surface area contributed by atoms with Crippen LogP contribution in [0.2, 0.25) is 0 Å². The number of amides is 2. The Labute approximate surface area is 171 Å². The number of anilines is 2. The second kappa shape index (κ2) is 9.11. The quantitative estimate of drug-likeness (QED) is 0.763. The van der Waals surface area contributed by atoms with Crippen LogP contribution in [0.3, 0.4) is 0 Å². The van der Waals surface area contributed by atoms with Gasteiger partial charge in [-0.15, -0.1) is 11.6 Å². The summed E-state index contributed by atoms with van der Waals surface area (Å²) in [6.45, 7) is 1.56. The van der Waals surface area contributed by atoms with Crippen LogP contribution in [0, 0.1) is 0 Å². The molecule has 148 valence electrons. The van der Waals surface area contributed by atoms with Crippen molar-refractivity contribution in [2.24, 2.45) is 0 Å². The Morgan fingerprint density at radius 1 is 1.04 bits per heavy atom. The molecule has 1 heterocycles. The second-order valence-corrected chi connectivity index (χ2v) is 7.68. The smallest absolute Gasteiger partial charge is 0.256 e. The molecule has 3 rings (SSSR count). The highest BCUT2D eigenvalue weighted by Gasteiger charge is 2.23. The number of nitrogens with one attached hydrogen (secondary N) is 1. The molecule has 0 saturated carbocycles. The molecule has 1 saturated heterocycles. The van der Waals surface area contributed by atoms with E-state index in [2.05, 4.69) is 5.32 Å². The lowest BCUT2D eigenvalue weighted by Crippen LogP contribution is -2.36. The monoisotopic (exact) mass is 399 g/mol. The van der Waals surface area contributed by atoms with Gasteiger partial charge in [-0.3, -0.25) is 9.59 Å². The zero-order chi connectivity index (χ0) is 20.1. The van der Waals surface area contributed by atoms with Crippen molar-refractivity contribution in [2.45, 2.75) is 24.6 Å². The molecule has 1 aliphatic heterocycles. The van der Waals surface area contributed by atoms with Crippen molar-refractivity contribution >= 4 is 34.8 Å². The molecule has 0 radical (unpaired) electrons. The minimum Gasteiger partial charge on any atom is -0.377 e. The Morgan fingerprint density at radius 2 is 1.71 bits per heavy atom. The summed E-state index contributed by atoms with van der Waals surface area (Å²) in [6.07, 6.45) is 3.23. The third-order valence-electron chi connectivity index (χ3n) is 4.94. The summed E-state index contributed by atoms with van der Waals surface area (Å²) in [5.41, 5.74) is 2.73. The predicted molar refractivity (Wildman–Crippen MR) is 114 cm³/mol. The highest BCUT2D eigenvalue weighted by Crippen LogP contribution is 2.27. The molecule has 0 bridgehead atoms. The maximum atomic E-state index is 13.1. The largest absolute Gasteiger partial charge is 0.377 e. The molecule has 0 spiro atoms. The van der Waals surface area contributed by atoms with E-state index in [4.69, 9.17) is 11.6 Å². The van der Waals surface area contributed by atoms with Crippen LogP contribution < -0.4 is 10.2 Å². The summed E-state index contributed by atoms with van der Waals surface area (Å²) in [5, 5.41) is 2.05. The molecule has 1 atom stereocenters. The molecule has 0 aromatic heterocycles. The first kappa shape index (κ1) is 20.2. The maximum Gasteiger partial charge on any atom is 0.256 e. The first-order valence-electron chi connectivity index (χ1n) is 9.58. The average Bonchev–Trinajstić information content (AvgIpc) is 2.73. The fourth-order valence-corrected chi connectivity index (χ4v) is 3.62. The van der Waals surface area contributed by atoms with Gasteiger partial charge in [0, 0.05) is 38.6 Å². The number of piperidine rings is 1. The summed E-state index contributed by atoms with van der Waals surface area (Å²) in [7, 11) is 3.82. The molecule has 1 fully saturated rings. The minimum atomic E-state index is -0.795. The highest BCUT2D eigenvalue weighted by atomic mass is 35.5. The lowest BCUT2D eigenvalue weighted by atomic mass is 10.1. The summed E-state index contributed by atoms with van der Waals surface area (Å²) in [6, 6.07) is 14.6. The molecule has 0 aliphatic carbocycles. The van der Waals surface area contributed by atoms with Crippen LogP contribution in [0.25, 0.3) is 0 Å². The Morgan fingerprint density at radius 3 is 2.36 bits per heavy atom. The van der Waals surface area contributed by atoms with Gasteiger partial charge in [0.2, 0.25) is 5.91 Å². The molecular weight excluding hydrogens is 374 g/mol. The van der Waals surface area contributed by atoms with Gasteiger partial charge in [-0.2, -0.15) is 0 Å². The van der Waals surface area contributed by atoms with E-state index >= 15 is 0 Å². The van der Waals surface area contributed by atoms with Gasteiger partial charge in [0.05, 0.1) is 5.56 Å². The Kier molecular flexibility index (Phi) is 6.57. The van der Waals surface area contributed by atoms with Crippen LogP contribution in [-0.4, -0.2) is 43.9 Å². The fraction of sp³-hybridized carbons (Fsp3) is 0.364. The third-order valence-corrected chi connectivity index (χ3v) is 5.39. The van der Waals surface area contributed by atoms with E-state index in [9.17, 15) is 9.59 Å². The van der Waals surface area contributed by atoms with Crippen molar-refractivity contribution in [2.75, 3.05) is 37.4 Å². The Balaban J connectivity index is 1.82. The van der Waals surface area contributed by atoms with Crippen molar-refractivity contribution in [3.05, 3.63) is 59.7 Å². The van der Waals surface area contributed by atoms with Gasteiger partial charge in [0.15, 0.2) is 0 Å². The third kappa shape index (κ3) is 4.65. The molecule has 1 unspecified atom stereocenters. The van der Waals surface area contributed by atoms with E-state index in [0.29, 0.717) is 11.3 Å². The minimum absolute atomic E-state index is 0.00461. The summed E-state index contributed by atoms with van der Waals surface area (Å²) < 4.78 is 0. The summed E-state index contributed by atoms with van der Waals surface area (Å²) >= 11 is 6.32. The van der Waals surface area contributed by atoms with Gasteiger partial charge in [-0.25, -0.2) is 0 Å². The fourth-order valence-electron chi connectivity index (χ4n) is 3.42. The van der Waals surface area contributed by atoms with E-state index < -0.39 is 5.38 Å². The van der Waals surface area contributed by atoms with Crippen molar-refractivity contribution < 1.29 is 9.59 Å². The number of alkyl halides is 1. The average molecular weight is 400 g/mol. The summed E-state index contributed by atoms with van der Waals surface area (Å²) in [5.74, 6) is -0.313. The van der Waals surface area contributed by atoms with Crippen LogP contribution in [0.5, 0.6) is 0 Å². The van der Waals surface area contributed by atoms with Gasteiger partial charge in [-0.1, -0.05) is 30.3 Å².